The Morgan fingerprint density at radius 3 is 2.29 bits per heavy atom. The standard InChI is InChI=1S/C17H27BrN2O/c1-11(2)14(7-8-19)5-6-16(21)20-15-9-12(3)17(18)13(4)10-15/h9-11,14H,5-8,19H2,1-4H3,(H,20,21). The van der Waals surface area contributed by atoms with Gasteiger partial charge in [-0.05, 0) is 68.3 Å². The van der Waals surface area contributed by atoms with Crippen LogP contribution < -0.4 is 11.1 Å². The number of carbonyl (C=O) groups is 1. The van der Waals surface area contributed by atoms with E-state index >= 15 is 0 Å². The number of rotatable bonds is 7. The molecule has 0 saturated carbocycles. The fourth-order valence-corrected chi connectivity index (χ4v) is 2.81. The smallest absolute Gasteiger partial charge is 0.224 e. The van der Waals surface area contributed by atoms with Crippen molar-refractivity contribution in [1.29, 1.82) is 0 Å². The van der Waals surface area contributed by atoms with Gasteiger partial charge in [0.05, 0.1) is 0 Å². The molecular weight excluding hydrogens is 328 g/mol. The second-order valence-electron chi connectivity index (χ2n) is 6.09. The fourth-order valence-electron chi connectivity index (χ4n) is 2.58. The van der Waals surface area contributed by atoms with Crippen LogP contribution in [-0.2, 0) is 4.79 Å². The zero-order chi connectivity index (χ0) is 16.0. The number of hydrogen-bond donors (Lipinski definition) is 2. The number of benzene rings is 1. The largest absolute Gasteiger partial charge is 0.330 e. The van der Waals surface area contributed by atoms with Crippen LogP contribution in [0.2, 0.25) is 0 Å². The highest BCUT2D eigenvalue weighted by atomic mass is 79.9. The Hall–Kier alpha value is -0.870. The molecule has 0 spiro atoms. The van der Waals surface area contributed by atoms with E-state index in [4.69, 9.17) is 5.73 Å². The lowest BCUT2D eigenvalue weighted by Gasteiger charge is -2.19. The average Bonchev–Trinajstić information content (AvgIpc) is 2.40. The van der Waals surface area contributed by atoms with Crippen LogP contribution in [0.3, 0.4) is 0 Å². The molecular formula is C17H27BrN2O. The summed E-state index contributed by atoms with van der Waals surface area (Å²) < 4.78 is 1.10. The lowest BCUT2D eigenvalue weighted by atomic mass is 9.88. The van der Waals surface area contributed by atoms with Crippen molar-refractivity contribution in [2.45, 2.75) is 47.0 Å². The van der Waals surface area contributed by atoms with Gasteiger partial charge < -0.3 is 11.1 Å². The molecule has 0 radical (unpaired) electrons. The molecule has 1 amide bonds. The van der Waals surface area contributed by atoms with Gasteiger partial charge in [-0.2, -0.15) is 0 Å². The quantitative estimate of drug-likeness (QED) is 0.761. The minimum Gasteiger partial charge on any atom is -0.330 e. The molecule has 3 nitrogen and oxygen atoms in total. The number of amides is 1. The number of hydrogen-bond acceptors (Lipinski definition) is 2. The first-order valence-corrected chi connectivity index (χ1v) is 8.41. The molecule has 21 heavy (non-hydrogen) atoms. The van der Waals surface area contributed by atoms with Gasteiger partial charge >= 0.3 is 0 Å². The number of nitrogens with one attached hydrogen (secondary N) is 1. The van der Waals surface area contributed by atoms with Crippen molar-refractivity contribution in [3.8, 4) is 0 Å². The third kappa shape index (κ3) is 5.79. The Kier molecular flexibility index (Phi) is 7.40. The van der Waals surface area contributed by atoms with Gasteiger partial charge in [-0.25, -0.2) is 0 Å². The minimum atomic E-state index is 0.0822. The summed E-state index contributed by atoms with van der Waals surface area (Å²) in [5.74, 6) is 1.17. The van der Waals surface area contributed by atoms with Gasteiger partial charge in [0.2, 0.25) is 5.91 Å². The number of anilines is 1. The Bertz CT molecular complexity index is 463. The Morgan fingerprint density at radius 1 is 1.24 bits per heavy atom. The summed E-state index contributed by atoms with van der Waals surface area (Å²) in [6.45, 7) is 9.14. The molecule has 118 valence electrons. The van der Waals surface area contributed by atoms with Crippen LogP contribution in [0.25, 0.3) is 0 Å². The van der Waals surface area contributed by atoms with Crippen LogP contribution >= 0.6 is 15.9 Å². The molecule has 0 aromatic heterocycles. The highest BCUT2D eigenvalue weighted by Gasteiger charge is 2.14. The van der Waals surface area contributed by atoms with E-state index in [2.05, 4.69) is 35.1 Å². The molecule has 1 aromatic rings. The Balaban J connectivity index is 2.58. The summed E-state index contributed by atoms with van der Waals surface area (Å²) in [6.07, 6.45) is 2.44. The Labute approximate surface area is 136 Å². The van der Waals surface area contributed by atoms with Crippen molar-refractivity contribution < 1.29 is 4.79 Å². The molecule has 3 N–H and O–H groups in total. The molecule has 0 aliphatic heterocycles. The first kappa shape index (κ1) is 18.2. The van der Waals surface area contributed by atoms with Crippen molar-refractivity contribution >= 4 is 27.5 Å². The zero-order valence-corrected chi connectivity index (χ0v) is 15.1. The van der Waals surface area contributed by atoms with Crippen molar-refractivity contribution in [2.75, 3.05) is 11.9 Å². The van der Waals surface area contributed by atoms with Gasteiger partial charge in [0.15, 0.2) is 0 Å². The van der Waals surface area contributed by atoms with Crippen LogP contribution in [0.15, 0.2) is 16.6 Å². The van der Waals surface area contributed by atoms with Gasteiger partial charge in [0.1, 0.15) is 0 Å². The van der Waals surface area contributed by atoms with Crippen molar-refractivity contribution in [3.05, 3.63) is 27.7 Å². The van der Waals surface area contributed by atoms with Crippen LogP contribution in [-0.4, -0.2) is 12.5 Å². The van der Waals surface area contributed by atoms with E-state index in [1.807, 2.05) is 26.0 Å². The van der Waals surface area contributed by atoms with Crippen molar-refractivity contribution in [2.24, 2.45) is 17.6 Å². The molecule has 0 fully saturated rings. The number of aryl methyl sites for hydroxylation is 2. The second-order valence-corrected chi connectivity index (χ2v) is 6.89. The fraction of sp³-hybridized carbons (Fsp3) is 0.588. The predicted molar refractivity (Wildman–Crippen MR) is 93.5 cm³/mol. The van der Waals surface area contributed by atoms with Gasteiger partial charge in [-0.3, -0.25) is 4.79 Å². The molecule has 1 unspecified atom stereocenters. The molecule has 0 bridgehead atoms. The van der Waals surface area contributed by atoms with Gasteiger partial charge in [-0.1, -0.05) is 29.8 Å². The lowest BCUT2D eigenvalue weighted by Crippen LogP contribution is -2.18. The molecule has 0 saturated heterocycles. The molecule has 1 rings (SSSR count). The van der Waals surface area contributed by atoms with E-state index in [9.17, 15) is 4.79 Å². The van der Waals surface area contributed by atoms with E-state index in [-0.39, 0.29) is 5.91 Å². The normalized spacial score (nSPS) is 12.5. The Morgan fingerprint density at radius 2 is 1.81 bits per heavy atom. The minimum absolute atomic E-state index is 0.0822. The summed E-state index contributed by atoms with van der Waals surface area (Å²) in [5.41, 5.74) is 8.78. The van der Waals surface area contributed by atoms with Gasteiger partial charge in [-0.15, -0.1) is 0 Å². The van der Waals surface area contributed by atoms with E-state index in [0.29, 0.717) is 24.8 Å². The van der Waals surface area contributed by atoms with Crippen LogP contribution in [0, 0.1) is 25.7 Å². The summed E-state index contributed by atoms with van der Waals surface area (Å²) in [7, 11) is 0. The van der Waals surface area contributed by atoms with Crippen molar-refractivity contribution in [3.63, 3.8) is 0 Å². The average molecular weight is 355 g/mol. The van der Waals surface area contributed by atoms with Gasteiger partial charge in [0, 0.05) is 16.6 Å². The molecule has 0 aliphatic rings. The van der Waals surface area contributed by atoms with Crippen LogP contribution in [0.4, 0.5) is 5.69 Å². The maximum Gasteiger partial charge on any atom is 0.224 e. The SMILES string of the molecule is Cc1cc(NC(=O)CCC(CCN)C(C)C)cc(C)c1Br. The molecule has 1 atom stereocenters. The van der Waals surface area contributed by atoms with Crippen LogP contribution in [0.1, 0.15) is 44.2 Å². The molecule has 1 aromatic carbocycles. The molecule has 0 aliphatic carbocycles. The lowest BCUT2D eigenvalue weighted by molar-refractivity contribution is -0.116. The van der Waals surface area contributed by atoms with E-state index < -0.39 is 0 Å². The monoisotopic (exact) mass is 354 g/mol. The summed E-state index contributed by atoms with van der Waals surface area (Å²) >= 11 is 3.54. The first-order chi connectivity index (χ1) is 9.85. The highest BCUT2D eigenvalue weighted by molar-refractivity contribution is 9.10. The van der Waals surface area contributed by atoms with E-state index in [1.165, 1.54) is 0 Å². The predicted octanol–water partition coefficient (Wildman–Crippen LogP) is 4.41. The maximum absolute atomic E-state index is 12.1. The third-order valence-corrected chi connectivity index (χ3v) is 5.19. The molecule has 4 heteroatoms. The third-order valence-electron chi connectivity index (χ3n) is 3.94. The summed E-state index contributed by atoms with van der Waals surface area (Å²) in [4.78, 5) is 12.1. The number of nitrogens with two attached hydrogens (primary N) is 1. The van der Waals surface area contributed by atoms with E-state index in [0.717, 1.165) is 34.1 Å². The highest BCUT2D eigenvalue weighted by Crippen LogP contribution is 2.25. The zero-order valence-electron chi connectivity index (χ0n) is 13.5. The molecule has 0 heterocycles. The topological polar surface area (TPSA) is 55.1 Å². The number of halogens is 1. The van der Waals surface area contributed by atoms with Crippen molar-refractivity contribution in [1.82, 2.24) is 0 Å². The first-order valence-electron chi connectivity index (χ1n) is 7.61. The van der Waals surface area contributed by atoms with E-state index in [1.54, 1.807) is 0 Å². The van der Waals surface area contributed by atoms with Gasteiger partial charge in [0.25, 0.3) is 0 Å². The second kappa shape index (κ2) is 8.54. The van der Waals surface area contributed by atoms with Crippen LogP contribution in [0.5, 0.6) is 0 Å². The summed E-state index contributed by atoms with van der Waals surface area (Å²) in [5, 5.41) is 3.00. The summed E-state index contributed by atoms with van der Waals surface area (Å²) in [6, 6.07) is 3.99. The maximum atomic E-state index is 12.1. The number of carbonyl (C=O) groups excluding carboxylic acids is 1.